The number of rotatable bonds is 7. The third kappa shape index (κ3) is 4.57. The molecule has 1 heterocycles. The van der Waals surface area contributed by atoms with Gasteiger partial charge in [-0.2, -0.15) is 5.10 Å². The average Bonchev–Trinajstić information content (AvgIpc) is 2.83. The highest BCUT2D eigenvalue weighted by atomic mass is 79.9. The monoisotopic (exact) mass is 370 g/mol. The summed E-state index contributed by atoms with van der Waals surface area (Å²) in [6.07, 6.45) is 1.13. The molecule has 2 aromatic rings. The highest BCUT2D eigenvalue weighted by Crippen LogP contribution is 2.29. The largest absolute Gasteiger partial charge is 0.386 e. The number of nitrogens with zero attached hydrogens (tertiary/aromatic N) is 2. The van der Waals surface area contributed by atoms with Gasteiger partial charge in [0.1, 0.15) is 6.10 Å². The average molecular weight is 371 g/mol. The number of hydrogen-bond donors (Lipinski definition) is 1. The molecular weight excluding hydrogens is 352 g/mol. The van der Waals surface area contributed by atoms with E-state index < -0.39 is 6.10 Å². The first-order valence-electron chi connectivity index (χ1n) is 6.69. The third-order valence-corrected chi connectivity index (χ3v) is 4.73. The number of halogens is 1. The number of benzene rings is 1. The van der Waals surface area contributed by atoms with Gasteiger partial charge < -0.3 is 9.84 Å². The maximum atomic E-state index is 10.4. The SMILES string of the molecule is COCCn1ncc(Br)c1C(O)CSc1cccc(C)c1. The Kier molecular flexibility index (Phi) is 6.29. The lowest BCUT2D eigenvalue weighted by Crippen LogP contribution is -2.14. The number of aliphatic hydroxyl groups is 1. The van der Waals surface area contributed by atoms with Crippen molar-refractivity contribution in [3.8, 4) is 0 Å². The molecule has 4 nitrogen and oxygen atoms in total. The topological polar surface area (TPSA) is 47.3 Å². The smallest absolute Gasteiger partial charge is 0.106 e. The minimum absolute atomic E-state index is 0.568. The lowest BCUT2D eigenvalue weighted by Gasteiger charge is -2.14. The van der Waals surface area contributed by atoms with E-state index in [1.807, 2.05) is 6.07 Å². The molecule has 2 rings (SSSR count). The van der Waals surface area contributed by atoms with Crippen LogP contribution in [0.25, 0.3) is 0 Å². The molecule has 0 spiro atoms. The molecule has 0 aliphatic carbocycles. The second kappa shape index (κ2) is 7.98. The molecule has 1 unspecified atom stereocenters. The number of hydrogen-bond acceptors (Lipinski definition) is 4. The van der Waals surface area contributed by atoms with Gasteiger partial charge in [-0.15, -0.1) is 11.8 Å². The fourth-order valence-electron chi connectivity index (χ4n) is 2.02. The number of aryl methyl sites for hydroxylation is 1. The third-order valence-electron chi connectivity index (χ3n) is 3.05. The van der Waals surface area contributed by atoms with Crippen LogP contribution in [0.5, 0.6) is 0 Å². The standard InChI is InChI=1S/C15H19BrN2O2S/c1-11-4-3-5-12(8-11)21-10-14(19)15-13(16)9-17-18(15)6-7-20-2/h3-5,8-9,14,19H,6-7,10H2,1-2H3. The molecule has 0 saturated heterocycles. The molecule has 0 aliphatic heterocycles. The quantitative estimate of drug-likeness (QED) is 0.758. The predicted octanol–water partition coefficient (Wildman–Crippen LogP) is 3.43. The van der Waals surface area contributed by atoms with Crippen LogP contribution >= 0.6 is 27.7 Å². The highest BCUT2D eigenvalue weighted by Gasteiger charge is 2.18. The molecule has 1 atom stereocenters. The zero-order chi connectivity index (χ0) is 15.2. The van der Waals surface area contributed by atoms with Crippen LogP contribution in [0.2, 0.25) is 0 Å². The molecule has 0 aliphatic rings. The summed E-state index contributed by atoms with van der Waals surface area (Å²) in [6.45, 7) is 3.26. The molecular formula is C15H19BrN2O2S. The van der Waals surface area contributed by atoms with Crippen LogP contribution in [-0.4, -0.2) is 34.4 Å². The van der Waals surface area contributed by atoms with E-state index >= 15 is 0 Å². The molecule has 0 amide bonds. The van der Waals surface area contributed by atoms with Crippen molar-refractivity contribution in [2.45, 2.75) is 24.5 Å². The Hall–Kier alpha value is -0.820. The van der Waals surface area contributed by atoms with E-state index in [0.29, 0.717) is 18.9 Å². The van der Waals surface area contributed by atoms with Crippen LogP contribution in [0.1, 0.15) is 17.4 Å². The van der Waals surface area contributed by atoms with E-state index in [-0.39, 0.29) is 0 Å². The minimum atomic E-state index is -0.579. The van der Waals surface area contributed by atoms with Crippen molar-refractivity contribution in [2.75, 3.05) is 19.5 Å². The molecule has 1 N–H and O–H groups in total. The number of ether oxygens (including phenoxy) is 1. The predicted molar refractivity (Wildman–Crippen MR) is 88.7 cm³/mol. The van der Waals surface area contributed by atoms with Crippen molar-refractivity contribution in [3.05, 3.63) is 46.2 Å². The van der Waals surface area contributed by atoms with Crippen LogP contribution in [0.4, 0.5) is 0 Å². The highest BCUT2D eigenvalue weighted by molar-refractivity contribution is 9.10. The Labute approximate surface area is 137 Å². The molecule has 0 fully saturated rings. The first-order chi connectivity index (χ1) is 10.1. The molecule has 6 heteroatoms. The van der Waals surface area contributed by atoms with Gasteiger partial charge in [-0.3, -0.25) is 4.68 Å². The lowest BCUT2D eigenvalue weighted by molar-refractivity contribution is 0.166. The summed E-state index contributed by atoms with van der Waals surface area (Å²) in [7, 11) is 1.65. The molecule has 21 heavy (non-hydrogen) atoms. The normalized spacial score (nSPS) is 12.6. The van der Waals surface area contributed by atoms with Gasteiger partial charge >= 0.3 is 0 Å². The fourth-order valence-corrected chi connectivity index (χ4v) is 3.53. The van der Waals surface area contributed by atoms with Gasteiger partial charge in [0, 0.05) is 17.8 Å². The molecule has 1 aromatic carbocycles. The molecule has 0 radical (unpaired) electrons. The summed E-state index contributed by atoms with van der Waals surface area (Å²) in [6, 6.07) is 8.27. The Morgan fingerprint density at radius 3 is 3.00 bits per heavy atom. The summed E-state index contributed by atoms with van der Waals surface area (Å²) in [4.78, 5) is 1.16. The van der Waals surface area contributed by atoms with Gasteiger partial charge in [-0.25, -0.2) is 0 Å². The lowest BCUT2D eigenvalue weighted by atomic mass is 10.2. The van der Waals surface area contributed by atoms with Crippen molar-refractivity contribution in [3.63, 3.8) is 0 Å². The van der Waals surface area contributed by atoms with Gasteiger partial charge in [0.25, 0.3) is 0 Å². The number of aliphatic hydroxyl groups excluding tert-OH is 1. The van der Waals surface area contributed by atoms with E-state index in [2.05, 4.69) is 46.2 Å². The van der Waals surface area contributed by atoms with Gasteiger partial charge in [0.2, 0.25) is 0 Å². The second-order valence-electron chi connectivity index (χ2n) is 4.74. The molecule has 0 bridgehead atoms. The number of methoxy groups -OCH3 is 1. The summed E-state index contributed by atoms with van der Waals surface area (Å²) in [5.74, 6) is 0.584. The van der Waals surface area contributed by atoms with Crippen LogP contribution in [0.3, 0.4) is 0 Å². The maximum absolute atomic E-state index is 10.4. The molecule has 1 aromatic heterocycles. The van der Waals surface area contributed by atoms with Crippen molar-refractivity contribution < 1.29 is 9.84 Å². The van der Waals surface area contributed by atoms with Crippen molar-refractivity contribution >= 4 is 27.7 Å². The fraction of sp³-hybridized carbons (Fsp3) is 0.400. The maximum Gasteiger partial charge on any atom is 0.106 e. The van der Waals surface area contributed by atoms with E-state index in [9.17, 15) is 5.11 Å². The van der Waals surface area contributed by atoms with E-state index in [1.54, 1.807) is 29.8 Å². The van der Waals surface area contributed by atoms with Crippen LogP contribution < -0.4 is 0 Å². The first-order valence-corrected chi connectivity index (χ1v) is 8.47. The summed E-state index contributed by atoms with van der Waals surface area (Å²) < 4.78 is 7.69. The Morgan fingerprint density at radius 1 is 1.48 bits per heavy atom. The Morgan fingerprint density at radius 2 is 2.29 bits per heavy atom. The van der Waals surface area contributed by atoms with Crippen molar-refractivity contribution in [2.24, 2.45) is 0 Å². The molecule has 114 valence electrons. The van der Waals surface area contributed by atoms with Crippen LogP contribution in [0.15, 0.2) is 39.8 Å². The van der Waals surface area contributed by atoms with Crippen molar-refractivity contribution in [1.82, 2.24) is 9.78 Å². The zero-order valence-electron chi connectivity index (χ0n) is 12.1. The van der Waals surface area contributed by atoms with E-state index in [0.717, 1.165) is 15.1 Å². The number of thioether (sulfide) groups is 1. The Balaban J connectivity index is 2.02. The molecule has 0 saturated carbocycles. The van der Waals surface area contributed by atoms with Gasteiger partial charge in [0.05, 0.1) is 29.5 Å². The van der Waals surface area contributed by atoms with E-state index in [4.69, 9.17) is 4.74 Å². The summed E-state index contributed by atoms with van der Waals surface area (Å²) in [5.41, 5.74) is 2.02. The number of aromatic nitrogens is 2. The Bertz CT molecular complexity index is 589. The van der Waals surface area contributed by atoms with Crippen LogP contribution in [-0.2, 0) is 11.3 Å². The first kappa shape index (κ1) is 16.5. The van der Waals surface area contributed by atoms with Gasteiger partial charge in [0.15, 0.2) is 0 Å². The van der Waals surface area contributed by atoms with Gasteiger partial charge in [-0.1, -0.05) is 17.7 Å². The minimum Gasteiger partial charge on any atom is -0.386 e. The van der Waals surface area contributed by atoms with Crippen LogP contribution in [0, 0.1) is 6.92 Å². The zero-order valence-corrected chi connectivity index (χ0v) is 14.5. The van der Waals surface area contributed by atoms with Gasteiger partial charge in [-0.05, 0) is 35.0 Å². The van der Waals surface area contributed by atoms with Crippen molar-refractivity contribution in [1.29, 1.82) is 0 Å². The summed E-state index contributed by atoms with van der Waals surface area (Å²) in [5, 5.41) is 14.7. The van der Waals surface area contributed by atoms with E-state index in [1.165, 1.54) is 5.56 Å². The second-order valence-corrected chi connectivity index (χ2v) is 6.68. The summed E-state index contributed by atoms with van der Waals surface area (Å²) >= 11 is 5.09.